The van der Waals surface area contributed by atoms with E-state index in [2.05, 4.69) is 15.2 Å². The van der Waals surface area contributed by atoms with Gasteiger partial charge in [0, 0.05) is 6.42 Å². The van der Waals surface area contributed by atoms with E-state index in [9.17, 15) is 15.0 Å². The Kier molecular flexibility index (Phi) is 4.41. The van der Waals surface area contributed by atoms with Gasteiger partial charge in [0.15, 0.2) is 0 Å². The maximum atomic E-state index is 11.2. The van der Waals surface area contributed by atoms with Crippen molar-refractivity contribution < 1.29 is 15.0 Å². The predicted molar refractivity (Wildman–Crippen MR) is 73.1 cm³/mol. The van der Waals surface area contributed by atoms with Gasteiger partial charge >= 0.3 is 5.97 Å². The molecule has 1 aromatic carbocycles. The largest absolute Gasteiger partial charge is 0.872 e. The van der Waals surface area contributed by atoms with Crippen LogP contribution < -0.4 is 5.11 Å². The molecule has 0 atom stereocenters. The van der Waals surface area contributed by atoms with Crippen molar-refractivity contribution in [2.24, 2.45) is 0 Å². The van der Waals surface area contributed by atoms with Crippen molar-refractivity contribution in [2.45, 2.75) is 18.5 Å². The minimum absolute atomic E-state index is 0.0530. The average molecular weight is 290 g/mol. The number of H-pyrrole nitrogens is 1. The van der Waals surface area contributed by atoms with Crippen LogP contribution in [0.2, 0.25) is 0 Å². The van der Waals surface area contributed by atoms with Crippen molar-refractivity contribution in [2.75, 3.05) is 0 Å². The van der Waals surface area contributed by atoms with Gasteiger partial charge < -0.3 is 10.2 Å². The fraction of sp³-hybridized carbons (Fsp3) is 0.154. The van der Waals surface area contributed by atoms with E-state index in [4.69, 9.17) is 0 Å². The highest BCUT2D eigenvalue weighted by Crippen LogP contribution is 2.26. The predicted octanol–water partition coefficient (Wildman–Crippen LogP) is 1.66. The lowest BCUT2D eigenvalue weighted by molar-refractivity contribution is -0.268. The minimum Gasteiger partial charge on any atom is -0.872 e. The number of aliphatic carboxylic acids is 1. The molecule has 0 fully saturated rings. The number of nitrogens with one attached hydrogen (secondary N) is 1. The first-order valence-electron chi connectivity index (χ1n) is 5.89. The number of benzene rings is 1. The van der Waals surface area contributed by atoms with Gasteiger partial charge in [-0.2, -0.15) is 0 Å². The van der Waals surface area contributed by atoms with Gasteiger partial charge in [0.25, 0.3) is 0 Å². The summed E-state index contributed by atoms with van der Waals surface area (Å²) in [5.41, 5.74) is 0.536. The highest BCUT2D eigenvalue weighted by atomic mass is 32.2. The Morgan fingerprint density at radius 1 is 1.55 bits per heavy atom. The second-order valence-corrected chi connectivity index (χ2v) is 4.92. The third kappa shape index (κ3) is 3.61. The number of hydrogen-bond acceptors (Lipinski definition) is 5. The number of rotatable bonds is 5. The molecule has 0 unspecified atom stereocenters. The number of carboxylic acids is 1. The van der Waals surface area contributed by atoms with Crippen molar-refractivity contribution in [1.82, 2.24) is 15.2 Å². The lowest BCUT2D eigenvalue weighted by Gasteiger charge is -2.05. The summed E-state index contributed by atoms with van der Waals surface area (Å²) in [6, 6.07) is 6.04. The van der Waals surface area contributed by atoms with Crippen LogP contribution in [0.4, 0.5) is 0 Å². The van der Waals surface area contributed by atoms with Crippen LogP contribution in [-0.4, -0.2) is 26.3 Å². The topological polar surface area (TPSA) is 102 Å². The number of hydrogen-bond donors (Lipinski definition) is 2. The lowest BCUT2D eigenvalue weighted by atomic mass is 10.2. The molecule has 20 heavy (non-hydrogen) atoms. The van der Waals surface area contributed by atoms with Crippen LogP contribution in [0.25, 0.3) is 6.08 Å². The lowest BCUT2D eigenvalue weighted by Crippen LogP contribution is -1.97. The van der Waals surface area contributed by atoms with Crippen molar-refractivity contribution in [1.29, 1.82) is 0 Å². The Hall–Kier alpha value is -2.28. The van der Waals surface area contributed by atoms with E-state index in [-0.39, 0.29) is 10.7 Å². The van der Waals surface area contributed by atoms with Crippen LogP contribution in [0.1, 0.15) is 18.3 Å². The van der Waals surface area contributed by atoms with Crippen molar-refractivity contribution in [3.8, 4) is 5.75 Å². The normalized spacial score (nSPS) is 11.6. The molecule has 0 bridgehead atoms. The molecular formula is C13H12N3O3S-. The maximum Gasteiger partial charge on any atom is 0.342 e. The molecule has 2 aromatic rings. The fourth-order valence-electron chi connectivity index (χ4n) is 1.47. The monoisotopic (exact) mass is 290 g/mol. The number of aromatic nitrogens is 3. The highest BCUT2D eigenvalue weighted by molar-refractivity contribution is 8.04. The van der Waals surface area contributed by atoms with Crippen LogP contribution >= 0.6 is 11.8 Å². The number of carboxylic acid groups (broad SMARTS) is 1. The zero-order valence-corrected chi connectivity index (χ0v) is 11.5. The molecular weight excluding hydrogens is 278 g/mol. The molecule has 0 aliphatic heterocycles. The summed E-state index contributed by atoms with van der Waals surface area (Å²) in [5.74, 6) is -0.562. The molecule has 2 rings (SSSR count). The van der Waals surface area contributed by atoms with E-state index >= 15 is 0 Å². The highest BCUT2D eigenvalue weighted by Gasteiger charge is 2.13. The molecule has 0 amide bonds. The Morgan fingerprint density at radius 3 is 2.95 bits per heavy atom. The number of aromatic amines is 1. The van der Waals surface area contributed by atoms with E-state index in [1.165, 1.54) is 18.2 Å². The summed E-state index contributed by atoms with van der Waals surface area (Å²) in [4.78, 5) is 15.4. The average Bonchev–Trinajstić information content (AvgIpc) is 2.85. The molecule has 0 saturated heterocycles. The molecule has 0 aliphatic carbocycles. The van der Waals surface area contributed by atoms with Crippen molar-refractivity contribution in [3.63, 3.8) is 0 Å². The zero-order valence-electron chi connectivity index (χ0n) is 10.7. The molecule has 6 nitrogen and oxygen atoms in total. The Bertz CT molecular complexity index is 652. The number of carbonyl (C=O) groups is 1. The fourth-order valence-corrected chi connectivity index (χ4v) is 2.20. The van der Waals surface area contributed by atoms with Crippen LogP contribution in [0.15, 0.2) is 34.3 Å². The Morgan fingerprint density at radius 2 is 2.35 bits per heavy atom. The van der Waals surface area contributed by atoms with Crippen LogP contribution in [0, 0.1) is 0 Å². The SMILES string of the molecule is CCc1nc(S/C(=C\c2cccc([O-])c2)C(=O)O)n[nH]1. The molecule has 0 aliphatic rings. The molecule has 0 saturated carbocycles. The summed E-state index contributed by atoms with van der Waals surface area (Å²) in [5, 5.41) is 27.4. The quantitative estimate of drug-likeness (QED) is 0.641. The van der Waals surface area contributed by atoms with Crippen LogP contribution in [0.5, 0.6) is 5.75 Å². The molecule has 1 aromatic heterocycles. The number of aryl methyl sites for hydroxylation is 1. The summed E-state index contributed by atoms with van der Waals surface area (Å²) in [6.45, 7) is 1.92. The van der Waals surface area contributed by atoms with E-state index in [1.807, 2.05) is 6.92 Å². The second-order valence-electron chi connectivity index (χ2n) is 3.91. The number of nitrogens with zero attached hydrogens (tertiary/aromatic N) is 2. The first-order valence-corrected chi connectivity index (χ1v) is 6.71. The molecule has 104 valence electrons. The van der Waals surface area contributed by atoms with Gasteiger partial charge in [0.1, 0.15) is 10.7 Å². The van der Waals surface area contributed by atoms with Gasteiger partial charge in [0.05, 0.1) is 0 Å². The molecule has 0 spiro atoms. The van der Waals surface area contributed by atoms with Gasteiger partial charge in [-0.25, -0.2) is 9.78 Å². The van der Waals surface area contributed by atoms with Gasteiger partial charge in [-0.3, -0.25) is 5.10 Å². The van der Waals surface area contributed by atoms with E-state index in [0.29, 0.717) is 23.0 Å². The summed E-state index contributed by atoms with van der Waals surface area (Å²) in [7, 11) is 0. The molecule has 2 N–H and O–H groups in total. The van der Waals surface area contributed by atoms with Gasteiger partial charge in [-0.15, -0.1) is 10.8 Å². The second kappa shape index (κ2) is 6.25. The van der Waals surface area contributed by atoms with Gasteiger partial charge in [0.2, 0.25) is 5.16 Å². The maximum absolute atomic E-state index is 11.2. The zero-order chi connectivity index (χ0) is 14.5. The Balaban J connectivity index is 2.25. The summed E-state index contributed by atoms with van der Waals surface area (Å²) in [6.07, 6.45) is 2.12. The minimum atomic E-state index is -1.09. The summed E-state index contributed by atoms with van der Waals surface area (Å²) >= 11 is 0.940. The standard InChI is InChI=1S/C13H13N3O3S/c1-2-11-14-13(16-15-11)20-10(12(18)19)7-8-4-3-5-9(17)6-8/h3-7,17H,2H2,1H3,(H,18,19)(H,14,15,16)/p-1/b10-7-. The van der Waals surface area contributed by atoms with E-state index in [0.717, 1.165) is 11.8 Å². The molecule has 1 heterocycles. The first-order chi connectivity index (χ1) is 9.58. The van der Waals surface area contributed by atoms with Crippen LogP contribution in [0.3, 0.4) is 0 Å². The van der Waals surface area contributed by atoms with Gasteiger partial charge in [-0.05, 0) is 23.4 Å². The Labute approximate surface area is 119 Å². The first kappa shape index (κ1) is 14.1. The molecule has 7 heteroatoms. The van der Waals surface area contributed by atoms with E-state index in [1.54, 1.807) is 12.1 Å². The third-order valence-electron chi connectivity index (χ3n) is 2.41. The summed E-state index contributed by atoms with van der Waals surface area (Å²) < 4.78 is 0. The van der Waals surface area contributed by atoms with Crippen LogP contribution in [-0.2, 0) is 11.2 Å². The van der Waals surface area contributed by atoms with Crippen molar-refractivity contribution in [3.05, 3.63) is 40.6 Å². The third-order valence-corrected chi connectivity index (χ3v) is 3.29. The van der Waals surface area contributed by atoms with E-state index < -0.39 is 5.97 Å². The number of thioether (sulfide) groups is 1. The molecule has 0 radical (unpaired) electrons. The smallest absolute Gasteiger partial charge is 0.342 e. The van der Waals surface area contributed by atoms with Crippen molar-refractivity contribution >= 4 is 23.8 Å². The van der Waals surface area contributed by atoms with Gasteiger partial charge in [-0.1, -0.05) is 31.2 Å².